The van der Waals surface area contributed by atoms with Crippen LogP contribution in [0.25, 0.3) is 0 Å². The number of phenols is 1. The molecule has 16 heteroatoms. The Balaban J connectivity index is 2.30. The Hall–Kier alpha value is -4.99. The van der Waals surface area contributed by atoms with Gasteiger partial charge in [-0.15, -0.1) is 0 Å². The Morgan fingerprint density at radius 2 is 1.41 bits per heavy atom. The van der Waals surface area contributed by atoms with Crippen LogP contribution in [-0.4, -0.2) is 85.0 Å². The lowest BCUT2D eigenvalue weighted by Gasteiger charge is -2.25. The maximum Gasteiger partial charge on any atom is 0.326 e. The Morgan fingerprint density at radius 1 is 0.846 bits per heavy atom. The highest BCUT2D eigenvalue weighted by molar-refractivity contribution is 5.95. The number of carbonyl (C=O) groups excluding carboxylic acids is 4. The zero-order chi connectivity index (χ0) is 29.1. The molecule has 1 heterocycles. The number of carboxylic acids is 2. The van der Waals surface area contributed by atoms with Crippen LogP contribution in [0.5, 0.6) is 5.75 Å². The van der Waals surface area contributed by atoms with Crippen LogP contribution in [0.4, 0.5) is 0 Å². The first-order chi connectivity index (χ1) is 18.3. The number of nitrogens with one attached hydrogen (secondary N) is 4. The molecule has 0 saturated heterocycles. The predicted molar refractivity (Wildman–Crippen MR) is 132 cm³/mol. The number of phenolic OH excluding ortho intramolecular Hbond substituents is 1. The smallest absolute Gasteiger partial charge is 0.326 e. The summed E-state index contributed by atoms with van der Waals surface area (Å²) in [5, 5.41) is 34.7. The second kappa shape index (κ2) is 14.1. The summed E-state index contributed by atoms with van der Waals surface area (Å²) in [6.07, 6.45) is 0.934. The van der Waals surface area contributed by atoms with Crippen LogP contribution in [0.15, 0.2) is 36.8 Å². The number of hydrogen-bond donors (Lipinski definition) is 9. The highest BCUT2D eigenvalue weighted by atomic mass is 16.4. The monoisotopic (exact) mass is 547 g/mol. The summed E-state index contributed by atoms with van der Waals surface area (Å²) in [6.45, 7) is 0. The van der Waals surface area contributed by atoms with E-state index in [9.17, 15) is 39.0 Å². The summed E-state index contributed by atoms with van der Waals surface area (Å²) in [7, 11) is 0. The third-order valence-electron chi connectivity index (χ3n) is 5.37. The molecule has 0 aliphatic rings. The number of aromatic nitrogens is 2. The van der Waals surface area contributed by atoms with Gasteiger partial charge in [-0.1, -0.05) is 12.1 Å². The van der Waals surface area contributed by atoms with Gasteiger partial charge in [-0.3, -0.25) is 24.0 Å². The minimum Gasteiger partial charge on any atom is -0.508 e. The Morgan fingerprint density at radius 3 is 1.92 bits per heavy atom. The number of aliphatic carboxylic acids is 2. The van der Waals surface area contributed by atoms with Crippen molar-refractivity contribution >= 4 is 35.6 Å². The van der Waals surface area contributed by atoms with Crippen LogP contribution in [0, 0.1) is 0 Å². The lowest BCUT2D eigenvalue weighted by molar-refractivity contribution is -0.147. The molecule has 0 bridgehead atoms. The van der Waals surface area contributed by atoms with Crippen molar-refractivity contribution in [3.8, 4) is 5.75 Å². The van der Waals surface area contributed by atoms with Crippen molar-refractivity contribution in [2.24, 2.45) is 11.5 Å². The van der Waals surface area contributed by atoms with Gasteiger partial charge in [-0.05, 0) is 17.7 Å². The topological polar surface area (TPSA) is 280 Å². The number of nitrogens with zero attached hydrogens (tertiary/aromatic N) is 1. The number of hydrogen-bond acceptors (Lipinski definition) is 9. The van der Waals surface area contributed by atoms with Crippen LogP contribution < -0.4 is 27.4 Å². The third kappa shape index (κ3) is 10.1. The molecule has 16 nitrogen and oxygen atoms in total. The minimum atomic E-state index is -1.78. The van der Waals surface area contributed by atoms with Crippen molar-refractivity contribution in [2.75, 3.05) is 0 Å². The van der Waals surface area contributed by atoms with Gasteiger partial charge in [0.15, 0.2) is 0 Å². The Kier molecular flexibility index (Phi) is 10.9. The first-order valence-corrected chi connectivity index (χ1v) is 11.5. The third-order valence-corrected chi connectivity index (χ3v) is 5.37. The molecule has 0 spiro atoms. The molecule has 0 saturated carbocycles. The summed E-state index contributed by atoms with van der Waals surface area (Å²) in [6, 6.07) is -0.224. The van der Waals surface area contributed by atoms with E-state index in [0.29, 0.717) is 11.3 Å². The normalized spacial score (nSPS) is 13.8. The molecule has 0 aliphatic heterocycles. The zero-order valence-electron chi connectivity index (χ0n) is 20.5. The van der Waals surface area contributed by atoms with Crippen LogP contribution in [0.3, 0.4) is 0 Å². The number of aromatic hydroxyl groups is 1. The highest BCUT2D eigenvalue weighted by Gasteiger charge is 2.32. The molecule has 0 radical (unpaired) electrons. The lowest BCUT2D eigenvalue weighted by atomic mass is 10.0. The fourth-order valence-electron chi connectivity index (χ4n) is 3.41. The van der Waals surface area contributed by atoms with Gasteiger partial charge in [0, 0.05) is 24.7 Å². The zero-order valence-corrected chi connectivity index (χ0v) is 20.5. The number of rotatable bonds is 15. The highest BCUT2D eigenvalue weighted by Crippen LogP contribution is 2.12. The van der Waals surface area contributed by atoms with Crippen molar-refractivity contribution in [2.45, 2.75) is 49.9 Å². The number of primary amides is 1. The molecule has 0 aliphatic carbocycles. The summed E-state index contributed by atoms with van der Waals surface area (Å²) >= 11 is 0. The van der Waals surface area contributed by atoms with Gasteiger partial charge in [0.1, 0.15) is 23.9 Å². The second-order valence-electron chi connectivity index (χ2n) is 8.55. The summed E-state index contributed by atoms with van der Waals surface area (Å²) in [5.74, 6) is -6.73. The molecule has 11 N–H and O–H groups in total. The molecular formula is C23H29N7O9. The van der Waals surface area contributed by atoms with Crippen LogP contribution >= 0.6 is 0 Å². The van der Waals surface area contributed by atoms with Crippen molar-refractivity contribution in [3.05, 3.63) is 48.0 Å². The van der Waals surface area contributed by atoms with Gasteiger partial charge in [-0.25, -0.2) is 9.78 Å². The van der Waals surface area contributed by atoms with Gasteiger partial charge in [0.25, 0.3) is 0 Å². The van der Waals surface area contributed by atoms with Gasteiger partial charge in [0.05, 0.1) is 25.2 Å². The molecule has 4 atom stereocenters. The first kappa shape index (κ1) is 30.2. The molecule has 4 amide bonds. The SMILES string of the molecule is NC(=O)CC(N)C(=O)NC(Cc1ccc(O)cc1)C(=O)NC(Cc1cnc[nH]1)C(=O)NC(CC(=O)O)C(=O)O. The number of amides is 4. The quantitative estimate of drug-likeness (QED) is 0.109. The standard InChI is InChI=1S/C23H29N7O9/c24-14(7-18(25)32)20(35)28-15(5-11-1-3-13(31)4-2-11)21(36)29-16(6-12-9-26-10-27-12)22(37)30-17(23(38)39)8-19(33)34/h1-4,9-10,14-17,31H,5-8,24H2,(H2,25,32)(H,26,27)(H,28,35)(H,29,36)(H,30,37)(H,33,34)(H,38,39). The number of carbonyl (C=O) groups is 6. The van der Waals surface area contributed by atoms with E-state index in [1.807, 2.05) is 0 Å². The largest absolute Gasteiger partial charge is 0.508 e. The number of carboxylic acid groups (broad SMARTS) is 2. The molecule has 4 unspecified atom stereocenters. The van der Waals surface area contributed by atoms with Gasteiger partial charge >= 0.3 is 11.9 Å². The van der Waals surface area contributed by atoms with E-state index in [1.54, 1.807) is 0 Å². The molecule has 2 rings (SSSR count). The van der Waals surface area contributed by atoms with Crippen molar-refractivity contribution in [3.63, 3.8) is 0 Å². The molecular weight excluding hydrogens is 518 g/mol. The molecule has 39 heavy (non-hydrogen) atoms. The maximum atomic E-state index is 13.3. The van der Waals surface area contributed by atoms with E-state index in [4.69, 9.17) is 16.6 Å². The molecule has 2 aromatic rings. The second-order valence-corrected chi connectivity index (χ2v) is 8.55. The van der Waals surface area contributed by atoms with E-state index in [2.05, 4.69) is 25.9 Å². The van der Waals surface area contributed by atoms with Gasteiger partial charge < -0.3 is 47.7 Å². The van der Waals surface area contributed by atoms with Crippen molar-refractivity contribution < 1.29 is 44.1 Å². The van der Waals surface area contributed by atoms with Crippen LogP contribution in [0.2, 0.25) is 0 Å². The first-order valence-electron chi connectivity index (χ1n) is 11.5. The van der Waals surface area contributed by atoms with Crippen LogP contribution in [-0.2, 0) is 41.6 Å². The predicted octanol–water partition coefficient (Wildman–Crippen LogP) is -2.88. The summed E-state index contributed by atoms with van der Waals surface area (Å²) < 4.78 is 0. The van der Waals surface area contributed by atoms with Crippen molar-refractivity contribution in [1.29, 1.82) is 0 Å². The number of H-pyrrole nitrogens is 1. The number of nitrogens with two attached hydrogens (primary N) is 2. The van der Waals surface area contributed by atoms with Crippen molar-refractivity contribution in [1.82, 2.24) is 25.9 Å². The van der Waals surface area contributed by atoms with E-state index in [-0.39, 0.29) is 18.6 Å². The number of imidazole rings is 1. The molecule has 1 aromatic heterocycles. The fourth-order valence-corrected chi connectivity index (χ4v) is 3.41. The number of benzene rings is 1. The van der Waals surface area contributed by atoms with Gasteiger partial charge in [0.2, 0.25) is 23.6 Å². The fraction of sp³-hybridized carbons (Fsp3) is 0.348. The van der Waals surface area contributed by atoms with Gasteiger partial charge in [-0.2, -0.15) is 0 Å². The average molecular weight is 548 g/mol. The molecule has 210 valence electrons. The minimum absolute atomic E-state index is 0.0436. The maximum absolute atomic E-state index is 13.3. The van der Waals surface area contributed by atoms with E-state index < -0.39 is 72.6 Å². The van der Waals surface area contributed by atoms with E-state index in [1.165, 1.54) is 36.8 Å². The van der Waals surface area contributed by atoms with Crippen LogP contribution in [0.1, 0.15) is 24.1 Å². The Labute approximate surface area is 221 Å². The van der Waals surface area contributed by atoms with E-state index in [0.717, 1.165) is 0 Å². The molecule has 1 aromatic carbocycles. The average Bonchev–Trinajstić information content (AvgIpc) is 3.36. The summed E-state index contributed by atoms with van der Waals surface area (Å²) in [5.41, 5.74) is 11.6. The summed E-state index contributed by atoms with van der Waals surface area (Å²) in [4.78, 5) is 79.0. The lowest BCUT2D eigenvalue weighted by Crippen LogP contribution is -2.58. The number of aromatic amines is 1. The molecule has 0 fully saturated rings. The Bertz CT molecular complexity index is 1190. The van der Waals surface area contributed by atoms with E-state index >= 15 is 0 Å².